The minimum atomic E-state index is -0.546. The Labute approximate surface area is 155 Å². The third kappa shape index (κ3) is 3.15. The summed E-state index contributed by atoms with van der Waals surface area (Å²) < 4.78 is 10.6. The van der Waals surface area contributed by atoms with Crippen LogP contribution in [0.1, 0.15) is 15.9 Å². The Bertz CT molecular complexity index is 986. The number of hydrogen-bond donors (Lipinski definition) is 0. The highest BCUT2D eigenvalue weighted by Crippen LogP contribution is 2.34. The Kier molecular flexibility index (Phi) is 4.84. The van der Waals surface area contributed by atoms with Gasteiger partial charge in [0.05, 0.1) is 25.4 Å². The zero-order chi connectivity index (χ0) is 18.1. The van der Waals surface area contributed by atoms with Gasteiger partial charge in [-0.2, -0.15) is 0 Å². The standard InChI is InChI=1S/C19H15Cl2NO3/c1-10-14(20)6-5-12-13(19(21)23)9-15(22-18(10)12)11-4-7-16(24-2)17(8-11)25-3/h4-9H,1-3H3. The second kappa shape index (κ2) is 6.90. The highest BCUT2D eigenvalue weighted by Gasteiger charge is 2.16. The van der Waals surface area contributed by atoms with Crippen molar-refractivity contribution in [3.63, 3.8) is 0 Å². The van der Waals surface area contributed by atoms with Gasteiger partial charge in [-0.15, -0.1) is 0 Å². The minimum absolute atomic E-state index is 0.385. The van der Waals surface area contributed by atoms with Gasteiger partial charge in [-0.1, -0.05) is 17.7 Å². The molecule has 0 spiro atoms. The van der Waals surface area contributed by atoms with Crippen molar-refractivity contribution >= 4 is 39.3 Å². The maximum absolute atomic E-state index is 11.9. The number of halogens is 2. The molecule has 0 saturated heterocycles. The predicted molar refractivity (Wildman–Crippen MR) is 100 cm³/mol. The molecule has 1 aromatic heterocycles. The largest absolute Gasteiger partial charge is 0.493 e. The summed E-state index contributed by atoms with van der Waals surface area (Å²) >= 11 is 12.0. The molecule has 3 aromatic rings. The van der Waals surface area contributed by atoms with Crippen molar-refractivity contribution in [1.29, 1.82) is 0 Å². The monoisotopic (exact) mass is 375 g/mol. The van der Waals surface area contributed by atoms with E-state index in [9.17, 15) is 4.79 Å². The fourth-order valence-corrected chi connectivity index (χ4v) is 3.02. The van der Waals surface area contributed by atoms with Gasteiger partial charge in [-0.05, 0) is 54.4 Å². The molecule has 0 radical (unpaired) electrons. The molecule has 0 N–H and O–H groups in total. The van der Waals surface area contributed by atoms with E-state index in [0.29, 0.717) is 38.7 Å². The molecule has 0 unspecified atom stereocenters. The van der Waals surface area contributed by atoms with Crippen molar-refractivity contribution < 1.29 is 14.3 Å². The Morgan fingerprint density at radius 2 is 1.76 bits per heavy atom. The number of rotatable bonds is 4. The van der Waals surface area contributed by atoms with Crippen molar-refractivity contribution in [3.8, 4) is 22.8 Å². The first-order chi connectivity index (χ1) is 12.0. The van der Waals surface area contributed by atoms with E-state index in [4.69, 9.17) is 32.7 Å². The second-order valence-electron chi connectivity index (χ2n) is 5.47. The van der Waals surface area contributed by atoms with E-state index in [0.717, 1.165) is 11.1 Å². The summed E-state index contributed by atoms with van der Waals surface area (Å²) in [7, 11) is 3.13. The Morgan fingerprint density at radius 3 is 2.40 bits per heavy atom. The van der Waals surface area contributed by atoms with Crippen LogP contribution in [0.15, 0.2) is 36.4 Å². The van der Waals surface area contributed by atoms with Crippen LogP contribution < -0.4 is 9.47 Å². The number of aromatic nitrogens is 1. The topological polar surface area (TPSA) is 48.4 Å². The number of ether oxygens (including phenoxy) is 2. The Balaban J connectivity index is 2.30. The van der Waals surface area contributed by atoms with Gasteiger partial charge in [-0.25, -0.2) is 4.98 Å². The summed E-state index contributed by atoms with van der Waals surface area (Å²) in [5.74, 6) is 1.18. The highest BCUT2D eigenvalue weighted by atomic mass is 35.5. The molecular weight excluding hydrogens is 361 g/mol. The molecule has 0 amide bonds. The summed E-state index contributed by atoms with van der Waals surface area (Å²) in [6, 6.07) is 10.6. The van der Waals surface area contributed by atoms with Crippen LogP contribution in [0.3, 0.4) is 0 Å². The van der Waals surface area contributed by atoms with Crippen LogP contribution in [-0.4, -0.2) is 24.4 Å². The normalized spacial score (nSPS) is 10.8. The van der Waals surface area contributed by atoms with Crippen LogP contribution in [0.4, 0.5) is 0 Å². The number of methoxy groups -OCH3 is 2. The molecule has 0 aliphatic carbocycles. The van der Waals surface area contributed by atoms with Gasteiger partial charge in [-0.3, -0.25) is 4.79 Å². The van der Waals surface area contributed by atoms with Crippen LogP contribution in [0.2, 0.25) is 5.02 Å². The van der Waals surface area contributed by atoms with E-state index in [2.05, 4.69) is 4.98 Å². The lowest BCUT2D eigenvalue weighted by molar-refractivity contribution is 0.108. The summed E-state index contributed by atoms with van der Waals surface area (Å²) in [6.45, 7) is 1.86. The molecule has 0 aliphatic rings. The smallest absolute Gasteiger partial charge is 0.253 e. The number of carbonyl (C=O) groups excluding carboxylic acids is 1. The van der Waals surface area contributed by atoms with Crippen LogP contribution >= 0.6 is 23.2 Å². The number of pyridine rings is 1. The maximum Gasteiger partial charge on any atom is 0.253 e. The second-order valence-corrected chi connectivity index (χ2v) is 6.22. The summed E-state index contributed by atoms with van der Waals surface area (Å²) in [4.78, 5) is 16.6. The van der Waals surface area contributed by atoms with Gasteiger partial charge in [0.15, 0.2) is 11.5 Å². The molecule has 2 aromatic carbocycles. The number of hydrogen-bond acceptors (Lipinski definition) is 4. The van der Waals surface area contributed by atoms with Crippen LogP contribution in [0, 0.1) is 6.92 Å². The Hall–Kier alpha value is -2.30. The number of fused-ring (bicyclic) bond motifs is 1. The summed E-state index contributed by atoms with van der Waals surface area (Å²) in [5, 5.41) is 0.708. The van der Waals surface area contributed by atoms with Gasteiger partial charge in [0, 0.05) is 21.5 Å². The zero-order valence-electron chi connectivity index (χ0n) is 13.9. The first-order valence-electron chi connectivity index (χ1n) is 7.48. The van der Waals surface area contributed by atoms with Crippen molar-refractivity contribution in [2.45, 2.75) is 6.92 Å². The van der Waals surface area contributed by atoms with E-state index in [-0.39, 0.29) is 0 Å². The van der Waals surface area contributed by atoms with E-state index >= 15 is 0 Å². The van der Waals surface area contributed by atoms with Gasteiger partial charge in [0.1, 0.15) is 0 Å². The fraction of sp³-hybridized carbons (Fsp3) is 0.158. The zero-order valence-corrected chi connectivity index (χ0v) is 15.4. The predicted octanol–water partition coefficient (Wildman–Crippen LogP) is 5.26. The first-order valence-corrected chi connectivity index (χ1v) is 8.24. The first kappa shape index (κ1) is 17.5. The lowest BCUT2D eigenvalue weighted by Gasteiger charge is -2.12. The SMILES string of the molecule is COc1ccc(-c2cc(C(=O)Cl)c3ccc(Cl)c(C)c3n2)cc1OC. The molecule has 0 bridgehead atoms. The quantitative estimate of drug-likeness (QED) is 0.583. The van der Waals surface area contributed by atoms with Gasteiger partial charge < -0.3 is 9.47 Å². The van der Waals surface area contributed by atoms with Crippen molar-refractivity contribution in [1.82, 2.24) is 4.98 Å². The minimum Gasteiger partial charge on any atom is -0.493 e. The molecule has 3 rings (SSSR count). The third-order valence-corrected chi connectivity index (χ3v) is 4.67. The van der Waals surface area contributed by atoms with Gasteiger partial charge in [0.2, 0.25) is 0 Å². The number of nitrogens with zero attached hydrogens (tertiary/aromatic N) is 1. The van der Waals surface area contributed by atoms with E-state index in [1.165, 1.54) is 0 Å². The van der Waals surface area contributed by atoms with E-state index in [1.54, 1.807) is 44.6 Å². The van der Waals surface area contributed by atoms with Crippen LogP contribution in [0.5, 0.6) is 11.5 Å². The molecule has 25 heavy (non-hydrogen) atoms. The molecule has 128 valence electrons. The summed E-state index contributed by atoms with van der Waals surface area (Å²) in [6.07, 6.45) is 0. The van der Waals surface area contributed by atoms with Crippen molar-refractivity contribution in [2.24, 2.45) is 0 Å². The lowest BCUT2D eigenvalue weighted by atomic mass is 10.0. The third-order valence-electron chi connectivity index (χ3n) is 4.06. The number of carbonyl (C=O) groups is 1. The number of aryl methyl sites for hydroxylation is 1. The van der Waals surface area contributed by atoms with E-state index < -0.39 is 5.24 Å². The molecule has 0 atom stereocenters. The average molecular weight is 376 g/mol. The summed E-state index contributed by atoms with van der Waals surface area (Å²) in [5.41, 5.74) is 3.20. The molecule has 0 aliphatic heterocycles. The van der Waals surface area contributed by atoms with E-state index in [1.807, 2.05) is 13.0 Å². The van der Waals surface area contributed by atoms with Crippen LogP contribution in [-0.2, 0) is 0 Å². The number of benzene rings is 2. The van der Waals surface area contributed by atoms with Gasteiger partial charge in [0.25, 0.3) is 5.24 Å². The fourth-order valence-electron chi connectivity index (χ4n) is 2.71. The lowest BCUT2D eigenvalue weighted by Crippen LogP contribution is -1.98. The molecule has 0 saturated carbocycles. The molecular formula is C19H15Cl2NO3. The molecule has 6 heteroatoms. The maximum atomic E-state index is 11.9. The molecule has 1 heterocycles. The highest BCUT2D eigenvalue weighted by molar-refractivity contribution is 6.68. The molecule has 4 nitrogen and oxygen atoms in total. The van der Waals surface area contributed by atoms with Crippen molar-refractivity contribution in [2.75, 3.05) is 14.2 Å². The van der Waals surface area contributed by atoms with Gasteiger partial charge >= 0.3 is 0 Å². The van der Waals surface area contributed by atoms with Crippen molar-refractivity contribution in [3.05, 3.63) is 52.5 Å². The Morgan fingerprint density at radius 1 is 1.04 bits per heavy atom. The van der Waals surface area contributed by atoms with Crippen LogP contribution in [0.25, 0.3) is 22.2 Å². The average Bonchev–Trinajstić information content (AvgIpc) is 2.63. The molecule has 0 fully saturated rings.